The van der Waals surface area contributed by atoms with Gasteiger partial charge in [-0.25, -0.2) is 0 Å². The third-order valence-electron chi connectivity index (χ3n) is 3.93. The Labute approximate surface area is 120 Å². The van der Waals surface area contributed by atoms with Gasteiger partial charge in [0.25, 0.3) is 0 Å². The van der Waals surface area contributed by atoms with E-state index in [0.717, 1.165) is 24.3 Å². The van der Waals surface area contributed by atoms with E-state index in [-0.39, 0.29) is 0 Å². The Bertz CT molecular complexity index is 434. The van der Waals surface area contributed by atoms with Crippen LogP contribution in [0.15, 0.2) is 18.2 Å². The number of anilines is 1. The predicted molar refractivity (Wildman–Crippen MR) is 81.0 cm³/mol. The lowest BCUT2D eigenvalue weighted by atomic mass is 10.0. The molecule has 0 aliphatic carbocycles. The van der Waals surface area contributed by atoms with Gasteiger partial charge in [-0.05, 0) is 51.6 Å². The number of hydrogen-bond donors (Lipinski definition) is 1. The summed E-state index contributed by atoms with van der Waals surface area (Å²) in [6.07, 6.45) is 1.94. The van der Waals surface area contributed by atoms with Crippen LogP contribution < -0.4 is 4.90 Å². The molecule has 0 aromatic heterocycles. The lowest BCUT2D eigenvalue weighted by molar-refractivity contribution is 0.199. The van der Waals surface area contributed by atoms with E-state index < -0.39 is 6.10 Å². The Morgan fingerprint density at radius 3 is 2.74 bits per heavy atom. The largest absolute Gasteiger partial charge is 0.389 e. The van der Waals surface area contributed by atoms with Crippen LogP contribution >= 0.6 is 11.6 Å². The molecule has 1 aromatic carbocycles. The molecule has 2 rings (SSSR count). The smallest absolute Gasteiger partial charge is 0.0776 e. The van der Waals surface area contributed by atoms with Crippen molar-refractivity contribution in [3.05, 3.63) is 28.8 Å². The van der Waals surface area contributed by atoms with Crippen LogP contribution in [0.3, 0.4) is 0 Å². The van der Waals surface area contributed by atoms with Gasteiger partial charge in [-0.1, -0.05) is 17.7 Å². The van der Waals surface area contributed by atoms with E-state index in [4.69, 9.17) is 11.6 Å². The summed E-state index contributed by atoms with van der Waals surface area (Å²) in [6, 6.07) is 6.57. The van der Waals surface area contributed by atoms with Gasteiger partial charge in [0.1, 0.15) is 0 Å². The van der Waals surface area contributed by atoms with Gasteiger partial charge < -0.3 is 14.9 Å². The molecule has 2 unspecified atom stereocenters. The molecule has 0 spiro atoms. The second kappa shape index (κ2) is 6.12. The van der Waals surface area contributed by atoms with E-state index in [0.29, 0.717) is 11.1 Å². The summed E-state index contributed by atoms with van der Waals surface area (Å²) in [6.45, 7) is 3.86. The summed E-state index contributed by atoms with van der Waals surface area (Å²) in [7, 11) is 4.27. The molecule has 4 heteroatoms. The van der Waals surface area contributed by atoms with Crippen LogP contribution in [0.25, 0.3) is 0 Å². The van der Waals surface area contributed by atoms with E-state index in [1.807, 2.05) is 12.1 Å². The van der Waals surface area contributed by atoms with Crippen molar-refractivity contribution in [1.29, 1.82) is 0 Å². The molecule has 0 saturated carbocycles. The summed E-state index contributed by atoms with van der Waals surface area (Å²) in [5.41, 5.74) is 1.95. The average molecular weight is 283 g/mol. The fourth-order valence-corrected chi connectivity index (χ4v) is 2.99. The molecule has 106 valence electrons. The van der Waals surface area contributed by atoms with E-state index in [1.54, 1.807) is 6.92 Å². The second-order valence-electron chi connectivity index (χ2n) is 5.59. The quantitative estimate of drug-likeness (QED) is 0.923. The minimum Gasteiger partial charge on any atom is -0.389 e. The number of halogens is 1. The van der Waals surface area contributed by atoms with Gasteiger partial charge in [-0.15, -0.1) is 0 Å². The van der Waals surface area contributed by atoms with Crippen LogP contribution in [0, 0.1) is 0 Å². The molecule has 1 aliphatic heterocycles. The third-order valence-corrected chi connectivity index (χ3v) is 4.25. The van der Waals surface area contributed by atoms with Crippen LogP contribution in [0.5, 0.6) is 0 Å². The number of hydrogen-bond acceptors (Lipinski definition) is 3. The molecule has 19 heavy (non-hydrogen) atoms. The van der Waals surface area contributed by atoms with Gasteiger partial charge in [0.15, 0.2) is 0 Å². The maximum Gasteiger partial charge on any atom is 0.0776 e. The molecule has 3 nitrogen and oxygen atoms in total. The van der Waals surface area contributed by atoms with Crippen molar-refractivity contribution in [2.24, 2.45) is 0 Å². The van der Waals surface area contributed by atoms with Gasteiger partial charge in [-0.2, -0.15) is 0 Å². The zero-order valence-electron chi connectivity index (χ0n) is 11.9. The third kappa shape index (κ3) is 3.41. The maximum absolute atomic E-state index is 9.62. The summed E-state index contributed by atoms with van der Waals surface area (Å²) < 4.78 is 0. The van der Waals surface area contributed by atoms with Crippen LogP contribution in [0.1, 0.15) is 31.4 Å². The van der Waals surface area contributed by atoms with Crippen molar-refractivity contribution < 1.29 is 5.11 Å². The van der Waals surface area contributed by atoms with E-state index in [9.17, 15) is 5.11 Å². The number of likely N-dealkylation sites (N-methyl/N-ethyl adjacent to an activating group) is 1. The SMILES string of the molecule is CC(O)c1ccc(N2CCCC(N(C)C)C2)cc1Cl. The first-order valence-corrected chi connectivity index (χ1v) is 7.25. The summed E-state index contributed by atoms with van der Waals surface area (Å²) >= 11 is 6.25. The average Bonchev–Trinajstić information content (AvgIpc) is 2.38. The molecule has 1 fully saturated rings. The number of rotatable bonds is 3. The van der Waals surface area contributed by atoms with Gasteiger partial charge in [-0.3, -0.25) is 0 Å². The fourth-order valence-electron chi connectivity index (χ4n) is 2.66. The fraction of sp³-hybridized carbons (Fsp3) is 0.600. The van der Waals surface area contributed by atoms with Crippen molar-refractivity contribution in [2.45, 2.75) is 31.9 Å². The van der Waals surface area contributed by atoms with Gasteiger partial charge in [0.2, 0.25) is 0 Å². The number of aliphatic hydroxyl groups excluding tert-OH is 1. The summed E-state index contributed by atoms with van der Waals surface area (Å²) in [4.78, 5) is 4.67. The molecule has 0 radical (unpaired) electrons. The van der Waals surface area contributed by atoms with Gasteiger partial charge in [0, 0.05) is 29.8 Å². The molecule has 1 aromatic rings. The number of aliphatic hydroxyl groups is 1. The first kappa shape index (κ1) is 14.6. The predicted octanol–water partition coefficient (Wildman–Crippen LogP) is 2.92. The van der Waals surface area contributed by atoms with Crippen molar-refractivity contribution in [1.82, 2.24) is 4.90 Å². The Hall–Kier alpha value is -0.770. The molecule has 1 N–H and O–H groups in total. The number of benzene rings is 1. The second-order valence-corrected chi connectivity index (χ2v) is 5.99. The molecule has 2 atom stereocenters. The highest BCUT2D eigenvalue weighted by atomic mass is 35.5. The molecule has 0 amide bonds. The summed E-state index contributed by atoms with van der Waals surface area (Å²) in [5, 5.41) is 10.3. The molecule has 0 bridgehead atoms. The van der Waals surface area contributed by atoms with Crippen LogP contribution in [-0.2, 0) is 0 Å². The highest BCUT2D eigenvalue weighted by Crippen LogP contribution is 2.29. The van der Waals surface area contributed by atoms with Gasteiger partial charge in [0.05, 0.1) is 6.10 Å². The monoisotopic (exact) mass is 282 g/mol. The Kier molecular flexibility index (Phi) is 4.71. The molecular weight excluding hydrogens is 260 g/mol. The van der Waals surface area contributed by atoms with Crippen molar-refractivity contribution in [2.75, 3.05) is 32.1 Å². The topological polar surface area (TPSA) is 26.7 Å². The summed E-state index contributed by atoms with van der Waals surface area (Å²) in [5.74, 6) is 0. The van der Waals surface area contributed by atoms with Crippen LogP contribution in [0.2, 0.25) is 5.02 Å². The Morgan fingerprint density at radius 2 is 2.16 bits per heavy atom. The Morgan fingerprint density at radius 1 is 1.42 bits per heavy atom. The van der Waals surface area contributed by atoms with Crippen molar-refractivity contribution in [3.63, 3.8) is 0 Å². The first-order valence-electron chi connectivity index (χ1n) is 6.88. The maximum atomic E-state index is 9.62. The van der Waals surface area contributed by atoms with E-state index in [2.05, 4.69) is 30.0 Å². The van der Waals surface area contributed by atoms with Crippen molar-refractivity contribution >= 4 is 17.3 Å². The lowest BCUT2D eigenvalue weighted by Crippen LogP contribution is -2.45. The lowest BCUT2D eigenvalue weighted by Gasteiger charge is -2.37. The zero-order chi connectivity index (χ0) is 14.0. The highest BCUT2D eigenvalue weighted by Gasteiger charge is 2.22. The zero-order valence-corrected chi connectivity index (χ0v) is 12.7. The van der Waals surface area contributed by atoms with Crippen molar-refractivity contribution in [3.8, 4) is 0 Å². The highest BCUT2D eigenvalue weighted by molar-refractivity contribution is 6.31. The molecular formula is C15H23ClN2O. The molecule has 1 saturated heterocycles. The van der Waals surface area contributed by atoms with Gasteiger partial charge >= 0.3 is 0 Å². The Balaban J connectivity index is 2.15. The van der Waals surface area contributed by atoms with E-state index >= 15 is 0 Å². The number of nitrogens with zero attached hydrogens (tertiary/aromatic N) is 2. The van der Waals surface area contributed by atoms with Crippen LogP contribution in [-0.4, -0.2) is 43.2 Å². The number of piperidine rings is 1. The first-order chi connectivity index (χ1) is 8.99. The van der Waals surface area contributed by atoms with E-state index in [1.165, 1.54) is 12.8 Å². The standard InChI is InChI=1S/C15H23ClN2O/c1-11(19)14-7-6-12(9-15(14)16)18-8-4-5-13(10-18)17(2)3/h6-7,9,11,13,19H,4-5,8,10H2,1-3H3. The molecule has 1 aliphatic rings. The minimum absolute atomic E-state index is 0.516. The normalized spacial score (nSPS) is 21.8. The molecule has 1 heterocycles. The minimum atomic E-state index is -0.516. The van der Waals surface area contributed by atoms with Crippen LogP contribution in [0.4, 0.5) is 5.69 Å².